The molecule has 1 atom stereocenters. The number of nitrogens with one attached hydrogen (secondary N) is 1. The molecule has 1 saturated heterocycles. The summed E-state index contributed by atoms with van der Waals surface area (Å²) in [5.41, 5.74) is -0.0379. The van der Waals surface area contributed by atoms with Crippen molar-refractivity contribution in [1.29, 1.82) is 0 Å². The van der Waals surface area contributed by atoms with Gasteiger partial charge in [-0.3, -0.25) is 4.84 Å². The number of benzene rings is 2. The summed E-state index contributed by atoms with van der Waals surface area (Å²) in [6, 6.07) is 13.0. The molecule has 3 aromatic rings. The standard InChI is InChI=1S/C20H16F4N4O3S/c21-20(22,23)16-12-25-19(26-14-6-8-15(9-7-14)32(24,29)30)27-18(16)28-17(10-11-31-28)13-4-2-1-3-5-13/h1-9,12,17H,10-11H2,(H,25,26,27)/t17-/m0/s1. The molecule has 12 heteroatoms. The number of aromatic nitrogens is 2. The van der Waals surface area contributed by atoms with Crippen molar-refractivity contribution < 1.29 is 30.3 Å². The lowest BCUT2D eigenvalue weighted by Gasteiger charge is -2.26. The maximum absolute atomic E-state index is 13.7. The molecule has 1 aliphatic heterocycles. The lowest BCUT2D eigenvalue weighted by molar-refractivity contribution is -0.138. The summed E-state index contributed by atoms with van der Waals surface area (Å²) in [4.78, 5) is 12.7. The van der Waals surface area contributed by atoms with Gasteiger partial charge in [0, 0.05) is 18.3 Å². The first-order valence-electron chi connectivity index (χ1n) is 9.36. The summed E-state index contributed by atoms with van der Waals surface area (Å²) in [6.07, 6.45) is -3.61. The Kier molecular flexibility index (Phi) is 5.73. The average Bonchev–Trinajstić information content (AvgIpc) is 3.23. The molecule has 4 rings (SSSR count). The van der Waals surface area contributed by atoms with E-state index < -0.39 is 38.7 Å². The normalized spacial score (nSPS) is 16.9. The third-order valence-corrected chi connectivity index (χ3v) is 5.60. The Morgan fingerprint density at radius 2 is 1.75 bits per heavy atom. The fourth-order valence-electron chi connectivity index (χ4n) is 3.29. The van der Waals surface area contributed by atoms with Crippen LogP contribution >= 0.6 is 0 Å². The van der Waals surface area contributed by atoms with Crippen molar-refractivity contribution in [1.82, 2.24) is 9.97 Å². The molecule has 1 N–H and O–H groups in total. The van der Waals surface area contributed by atoms with Gasteiger partial charge in [0.2, 0.25) is 5.95 Å². The Hall–Kier alpha value is -3.25. The van der Waals surface area contributed by atoms with E-state index >= 15 is 0 Å². The Morgan fingerprint density at radius 1 is 1.06 bits per heavy atom. The van der Waals surface area contributed by atoms with E-state index in [4.69, 9.17) is 4.84 Å². The maximum Gasteiger partial charge on any atom is 0.421 e. The van der Waals surface area contributed by atoms with Crippen LogP contribution in [-0.4, -0.2) is 25.0 Å². The predicted octanol–water partition coefficient (Wildman–Crippen LogP) is 4.78. The summed E-state index contributed by atoms with van der Waals surface area (Å²) in [7, 11) is -4.87. The molecule has 0 unspecified atom stereocenters. The largest absolute Gasteiger partial charge is 0.421 e. The lowest BCUT2D eigenvalue weighted by atomic mass is 10.0. The van der Waals surface area contributed by atoms with Crippen LogP contribution in [-0.2, 0) is 21.2 Å². The van der Waals surface area contributed by atoms with E-state index in [-0.39, 0.29) is 18.2 Å². The number of alkyl halides is 3. The second kappa shape index (κ2) is 8.36. The smallest absolute Gasteiger partial charge is 0.324 e. The zero-order chi connectivity index (χ0) is 22.9. The van der Waals surface area contributed by atoms with Crippen LogP contribution in [0, 0.1) is 0 Å². The highest BCUT2D eigenvalue weighted by Gasteiger charge is 2.40. The topological polar surface area (TPSA) is 84.4 Å². The third-order valence-electron chi connectivity index (χ3n) is 4.76. The van der Waals surface area contributed by atoms with Gasteiger partial charge in [0.1, 0.15) is 5.56 Å². The van der Waals surface area contributed by atoms with Gasteiger partial charge in [0.05, 0.1) is 17.5 Å². The molecule has 0 saturated carbocycles. The molecule has 1 aliphatic rings. The lowest BCUT2D eigenvalue weighted by Crippen LogP contribution is -2.26. The molecule has 0 aliphatic carbocycles. The van der Waals surface area contributed by atoms with Crippen molar-refractivity contribution in [2.45, 2.75) is 23.5 Å². The Morgan fingerprint density at radius 3 is 2.38 bits per heavy atom. The molecule has 1 aromatic heterocycles. The quantitative estimate of drug-likeness (QED) is 0.426. The van der Waals surface area contributed by atoms with E-state index in [0.717, 1.165) is 22.8 Å². The van der Waals surface area contributed by atoms with E-state index in [9.17, 15) is 25.5 Å². The number of hydroxylamine groups is 1. The third kappa shape index (κ3) is 4.65. The van der Waals surface area contributed by atoms with Crippen LogP contribution in [0.25, 0.3) is 0 Å². The first-order valence-corrected chi connectivity index (χ1v) is 10.7. The van der Waals surface area contributed by atoms with Gasteiger partial charge in [0.15, 0.2) is 5.82 Å². The molecular formula is C20H16F4N4O3S. The van der Waals surface area contributed by atoms with E-state index in [1.54, 1.807) is 30.3 Å². The fraction of sp³-hybridized carbons (Fsp3) is 0.200. The number of nitrogens with zero attached hydrogens (tertiary/aromatic N) is 3. The van der Waals surface area contributed by atoms with Gasteiger partial charge in [-0.1, -0.05) is 30.3 Å². The van der Waals surface area contributed by atoms with Crippen LogP contribution in [0.15, 0.2) is 65.7 Å². The summed E-state index contributed by atoms with van der Waals surface area (Å²) < 4.78 is 75.9. The highest BCUT2D eigenvalue weighted by Crippen LogP contribution is 2.41. The minimum atomic E-state index is -4.87. The van der Waals surface area contributed by atoms with Gasteiger partial charge in [-0.2, -0.15) is 26.6 Å². The van der Waals surface area contributed by atoms with Crippen LogP contribution < -0.4 is 10.4 Å². The van der Waals surface area contributed by atoms with Crippen molar-refractivity contribution in [3.05, 3.63) is 71.9 Å². The van der Waals surface area contributed by atoms with Crippen LogP contribution in [0.4, 0.5) is 34.5 Å². The SMILES string of the molecule is O=S(=O)(F)c1ccc(Nc2ncc(C(F)(F)F)c(N3OCC[C@H]3c3ccccc3)n2)cc1. The van der Waals surface area contributed by atoms with Gasteiger partial charge in [-0.15, -0.1) is 3.89 Å². The monoisotopic (exact) mass is 468 g/mol. The molecule has 2 aromatic carbocycles. The Labute approximate surface area is 180 Å². The zero-order valence-electron chi connectivity index (χ0n) is 16.3. The molecule has 0 spiro atoms. The molecule has 0 amide bonds. The Bertz CT molecular complexity index is 1210. The van der Waals surface area contributed by atoms with Gasteiger partial charge in [-0.25, -0.2) is 10.0 Å². The van der Waals surface area contributed by atoms with Crippen molar-refractivity contribution in [2.75, 3.05) is 17.0 Å². The summed E-state index contributed by atoms with van der Waals surface area (Å²) in [6.45, 7) is 0.211. The number of hydrogen-bond donors (Lipinski definition) is 1. The van der Waals surface area contributed by atoms with Crippen LogP contribution in [0.2, 0.25) is 0 Å². The maximum atomic E-state index is 13.7. The zero-order valence-corrected chi connectivity index (χ0v) is 17.1. The van der Waals surface area contributed by atoms with Crippen LogP contribution in [0.3, 0.4) is 0 Å². The number of anilines is 3. The van der Waals surface area contributed by atoms with E-state index in [1.165, 1.54) is 12.1 Å². The number of hydrogen-bond acceptors (Lipinski definition) is 7. The summed E-state index contributed by atoms with van der Waals surface area (Å²) >= 11 is 0. The number of rotatable bonds is 5. The summed E-state index contributed by atoms with van der Waals surface area (Å²) in [5.74, 6) is -0.629. The molecule has 0 bridgehead atoms. The molecule has 2 heterocycles. The second-order valence-corrected chi connectivity index (χ2v) is 8.24. The van der Waals surface area contributed by atoms with Crippen LogP contribution in [0.5, 0.6) is 0 Å². The molecule has 0 radical (unpaired) electrons. The van der Waals surface area contributed by atoms with Crippen LogP contribution in [0.1, 0.15) is 23.6 Å². The highest BCUT2D eigenvalue weighted by atomic mass is 32.3. The second-order valence-electron chi connectivity index (χ2n) is 6.89. The van der Waals surface area contributed by atoms with Gasteiger partial charge < -0.3 is 5.32 Å². The van der Waals surface area contributed by atoms with Crippen molar-refractivity contribution >= 4 is 27.7 Å². The van der Waals surface area contributed by atoms with Gasteiger partial charge >= 0.3 is 16.4 Å². The van der Waals surface area contributed by atoms with Crippen molar-refractivity contribution in [3.63, 3.8) is 0 Å². The van der Waals surface area contributed by atoms with E-state index in [2.05, 4.69) is 15.3 Å². The average molecular weight is 468 g/mol. The van der Waals surface area contributed by atoms with E-state index in [0.29, 0.717) is 12.6 Å². The fourth-order valence-corrected chi connectivity index (χ4v) is 3.75. The first-order chi connectivity index (χ1) is 15.1. The Balaban J connectivity index is 1.69. The molecule has 1 fully saturated rings. The molecule has 168 valence electrons. The number of halogens is 4. The molecule has 32 heavy (non-hydrogen) atoms. The predicted molar refractivity (Wildman–Crippen MR) is 107 cm³/mol. The first kappa shape index (κ1) is 22.0. The van der Waals surface area contributed by atoms with Crippen molar-refractivity contribution in [3.8, 4) is 0 Å². The summed E-state index contributed by atoms with van der Waals surface area (Å²) in [5, 5.41) is 3.82. The van der Waals surface area contributed by atoms with Crippen molar-refractivity contribution in [2.24, 2.45) is 0 Å². The van der Waals surface area contributed by atoms with Gasteiger partial charge in [0.25, 0.3) is 0 Å². The van der Waals surface area contributed by atoms with Gasteiger partial charge in [-0.05, 0) is 29.8 Å². The minimum Gasteiger partial charge on any atom is -0.324 e. The van der Waals surface area contributed by atoms with E-state index in [1.807, 2.05) is 0 Å². The minimum absolute atomic E-state index is 0.175. The highest BCUT2D eigenvalue weighted by molar-refractivity contribution is 7.86. The molecular weight excluding hydrogens is 452 g/mol. The molecule has 7 nitrogen and oxygen atoms in total.